The molecule has 4 aromatic heterocycles. The van der Waals surface area contributed by atoms with Gasteiger partial charge in [0, 0.05) is 38.8 Å². The summed E-state index contributed by atoms with van der Waals surface area (Å²) in [4.78, 5) is 25.4. The van der Waals surface area contributed by atoms with Gasteiger partial charge in [0.25, 0.3) is 0 Å². The van der Waals surface area contributed by atoms with Gasteiger partial charge in [-0.3, -0.25) is 14.8 Å². The summed E-state index contributed by atoms with van der Waals surface area (Å²) in [5.74, 6) is 1.26. The van der Waals surface area contributed by atoms with E-state index in [2.05, 4.69) is 64.3 Å². The van der Waals surface area contributed by atoms with Crippen molar-refractivity contribution in [2.45, 2.75) is 25.8 Å². The molecular weight excluding hydrogens is 510 g/mol. The van der Waals surface area contributed by atoms with Gasteiger partial charge in [0.15, 0.2) is 5.82 Å². The van der Waals surface area contributed by atoms with E-state index in [9.17, 15) is 0 Å². The lowest BCUT2D eigenvalue weighted by Gasteiger charge is -2.41. The van der Waals surface area contributed by atoms with Crippen molar-refractivity contribution in [3.05, 3.63) is 47.4 Å². The Hall–Kier alpha value is -3.45. The Bertz CT molecular complexity index is 1430. The van der Waals surface area contributed by atoms with Crippen molar-refractivity contribution in [1.82, 2.24) is 44.4 Å². The van der Waals surface area contributed by atoms with E-state index in [-0.39, 0.29) is 5.95 Å². The van der Waals surface area contributed by atoms with Gasteiger partial charge in [-0.2, -0.15) is 9.67 Å². The second-order valence-corrected chi connectivity index (χ2v) is 11.2. The molecule has 0 bridgehead atoms. The maximum Gasteiger partial charge on any atom is 0.248 e. The number of aromatic nitrogens is 6. The van der Waals surface area contributed by atoms with Gasteiger partial charge in [-0.05, 0) is 69.1 Å². The summed E-state index contributed by atoms with van der Waals surface area (Å²) in [5.41, 5.74) is 9.88. The number of pyridine rings is 1. The lowest BCUT2D eigenvalue weighted by Crippen LogP contribution is -2.52. The summed E-state index contributed by atoms with van der Waals surface area (Å²) in [7, 11) is 2.22. The Kier molecular flexibility index (Phi) is 7.51. The van der Waals surface area contributed by atoms with Crippen molar-refractivity contribution in [1.29, 1.82) is 0 Å². The van der Waals surface area contributed by atoms with Crippen LogP contribution in [0.25, 0.3) is 22.1 Å². The number of piperidine rings is 1. The molecule has 0 atom stereocenters. The Morgan fingerprint density at radius 3 is 2.67 bits per heavy atom. The molecule has 4 aromatic rings. The van der Waals surface area contributed by atoms with Gasteiger partial charge in [-0.25, -0.2) is 9.97 Å². The third kappa shape index (κ3) is 5.78. The second-order valence-electron chi connectivity index (χ2n) is 10.4. The Morgan fingerprint density at radius 1 is 1.08 bits per heavy atom. The van der Waals surface area contributed by atoms with Crippen molar-refractivity contribution < 1.29 is 0 Å². The predicted octanol–water partition coefficient (Wildman–Crippen LogP) is 3.03. The number of hydrogen-bond acceptors (Lipinski definition) is 11. The first kappa shape index (κ1) is 25.8. The molecule has 2 aliphatic rings. The Labute approximate surface area is 232 Å². The molecule has 0 saturated carbocycles. The van der Waals surface area contributed by atoms with Crippen LogP contribution in [0.4, 0.5) is 17.6 Å². The number of thiophene rings is 1. The molecule has 204 valence electrons. The number of likely N-dealkylation sites (N-methyl/N-ethyl adjacent to an activating group) is 1. The van der Waals surface area contributed by atoms with Crippen LogP contribution >= 0.6 is 11.3 Å². The second kappa shape index (κ2) is 11.3. The summed E-state index contributed by atoms with van der Waals surface area (Å²) in [6.45, 7) is 10.1. The van der Waals surface area contributed by atoms with Crippen LogP contribution in [-0.4, -0.2) is 103 Å². The van der Waals surface area contributed by atoms with Crippen molar-refractivity contribution in [2.75, 3.05) is 63.9 Å². The molecule has 0 aromatic carbocycles. The van der Waals surface area contributed by atoms with Gasteiger partial charge in [-0.15, -0.1) is 16.4 Å². The highest BCUT2D eigenvalue weighted by atomic mass is 32.1. The largest absolute Gasteiger partial charge is 0.368 e. The van der Waals surface area contributed by atoms with Crippen LogP contribution < -0.4 is 11.1 Å². The average molecular weight is 546 g/mol. The van der Waals surface area contributed by atoms with Gasteiger partial charge >= 0.3 is 0 Å². The maximum absolute atomic E-state index is 6.18. The molecule has 0 unspecified atom stereocenters. The number of nitrogens with one attached hydrogen (secondary N) is 1. The van der Waals surface area contributed by atoms with Crippen LogP contribution in [0.1, 0.15) is 24.1 Å². The number of hydrogen-bond donors (Lipinski definition) is 2. The average Bonchev–Trinajstić information content (AvgIpc) is 3.52. The zero-order chi connectivity index (χ0) is 26.8. The van der Waals surface area contributed by atoms with Crippen molar-refractivity contribution in [3.63, 3.8) is 0 Å². The highest BCUT2D eigenvalue weighted by Gasteiger charge is 2.26. The number of nitrogens with zero attached hydrogens (tertiary/aromatic N) is 9. The molecule has 6 rings (SSSR count). The summed E-state index contributed by atoms with van der Waals surface area (Å²) in [6.07, 6.45) is 10.1. The van der Waals surface area contributed by atoms with Crippen molar-refractivity contribution >= 4 is 45.2 Å². The zero-order valence-corrected chi connectivity index (χ0v) is 23.3. The SMILES string of the molecule is Cc1csc2c(-n3nc(Nc4ccc(/C=C/CN5CCC(N6CCN(C)CC6)CC5)nc4)nc3N)ncnc12. The fourth-order valence-corrected chi connectivity index (χ4v) is 6.30. The van der Waals surface area contributed by atoms with E-state index in [0.717, 1.165) is 52.8 Å². The van der Waals surface area contributed by atoms with Gasteiger partial charge in [0.05, 0.1) is 27.8 Å². The van der Waals surface area contributed by atoms with E-state index < -0.39 is 0 Å². The molecule has 2 fully saturated rings. The van der Waals surface area contributed by atoms with Crippen LogP contribution in [-0.2, 0) is 0 Å². The molecular formula is C27H35N11S. The molecule has 12 heteroatoms. The number of nitrogens with two attached hydrogens (primary N) is 1. The lowest BCUT2D eigenvalue weighted by molar-refractivity contribution is 0.0709. The first-order valence-corrected chi connectivity index (χ1v) is 14.4. The number of nitrogen functional groups attached to an aromatic ring is 1. The van der Waals surface area contributed by atoms with Crippen LogP contribution in [0.5, 0.6) is 0 Å². The minimum Gasteiger partial charge on any atom is -0.368 e. The third-order valence-corrected chi connectivity index (χ3v) is 8.73. The number of piperazine rings is 1. The van der Waals surface area contributed by atoms with E-state index in [0.29, 0.717) is 11.8 Å². The molecule has 0 spiro atoms. The predicted molar refractivity (Wildman–Crippen MR) is 157 cm³/mol. The summed E-state index contributed by atoms with van der Waals surface area (Å²) in [6, 6.07) is 4.70. The topological polar surface area (TPSA) is 117 Å². The highest BCUT2D eigenvalue weighted by Crippen LogP contribution is 2.29. The van der Waals surface area contributed by atoms with E-state index in [4.69, 9.17) is 5.73 Å². The lowest BCUT2D eigenvalue weighted by atomic mass is 10.0. The highest BCUT2D eigenvalue weighted by molar-refractivity contribution is 7.17. The number of rotatable bonds is 7. The standard InChI is InChI=1S/C27H35N11S/c1-19-17-39-24-23(19)30-18-31-25(24)38-26(28)33-27(34-38)32-21-6-5-20(29-16-21)4-3-9-36-10-7-22(8-11-36)37-14-12-35(2)13-15-37/h3-6,16-18,22H,7-15H2,1-2H3,(H3,28,32,33,34)/b4-3+. The van der Waals surface area contributed by atoms with Gasteiger partial charge in [-0.1, -0.05) is 6.08 Å². The molecule has 2 saturated heterocycles. The van der Waals surface area contributed by atoms with E-state index in [1.54, 1.807) is 22.2 Å². The Balaban J connectivity index is 1.02. The van der Waals surface area contributed by atoms with E-state index in [1.165, 1.54) is 45.3 Å². The van der Waals surface area contributed by atoms with Crippen LogP contribution in [0.15, 0.2) is 36.1 Å². The molecule has 6 heterocycles. The first-order chi connectivity index (χ1) is 19.0. The van der Waals surface area contributed by atoms with Crippen molar-refractivity contribution in [3.8, 4) is 5.82 Å². The minimum absolute atomic E-state index is 0.253. The maximum atomic E-state index is 6.18. The number of likely N-dealkylation sites (tertiary alicyclic amines) is 1. The van der Waals surface area contributed by atoms with Gasteiger partial charge in [0.2, 0.25) is 11.9 Å². The normalized spacial score (nSPS) is 18.4. The molecule has 3 N–H and O–H groups in total. The first-order valence-electron chi connectivity index (χ1n) is 13.5. The van der Waals surface area contributed by atoms with Crippen LogP contribution in [0, 0.1) is 6.92 Å². The molecule has 2 aliphatic heterocycles. The summed E-state index contributed by atoms with van der Waals surface area (Å²) < 4.78 is 2.47. The molecule has 39 heavy (non-hydrogen) atoms. The number of aryl methyl sites for hydroxylation is 1. The fraction of sp³-hybridized carbons (Fsp3) is 0.444. The van der Waals surface area contributed by atoms with Crippen LogP contribution in [0.2, 0.25) is 0 Å². The zero-order valence-electron chi connectivity index (χ0n) is 22.5. The minimum atomic E-state index is 0.253. The van der Waals surface area contributed by atoms with Crippen molar-refractivity contribution in [2.24, 2.45) is 0 Å². The summed E-state index contributed by atoms with van der Waals surface area (Å²) in [5, 5.41) is 9.77. The number of anilines is 3. The van der Waals surface area contributed by atoms with Gasteiger partial charge < -0.3 is 16.0 Å². The monoisotopic (exact) mass is 545 g/mol. The molecule has 0 amide bonds. The molecule has 11 nitrogen and oxygen atoms in total. The van der Waals surface area contributed by atoms with E-state index in [1.807, 2.05) is 24.4 Å². The third-order valence-electron chi connectivity index (χ3n) is 7.65. The quantitative estimate of drug-likeness (QED) is 0.359. The van der Waals surface area contributed by atoms with Gasteiger partial charge in [0.1, 0.15) is 6.33 Å². The molecule has 0 aliphatic carbocycles. The Morgan fingerprint density at radius 2 is 1.90 bits per heavy atom. The molecule has 0 radical (unpaired) electrons. The van der Waals surface area contributed by atoms with E-state index >= 15 is 0 Å². The fourth-order valence-electron chi connectivity index (χ4n) is 5.32. The number of fused-ring (bicyclic) bond motifs is 1. The summed E-state index contributed by atoms with van der Waals surface area (Å²) >= 11 is 1.57. The smallest absolute Gasteiger partial charge is 0.248 e. The van der Waals surface area contributed by atoms with Crippen LogP contribution in [0.3, 0.4) is 0 Å².